The molecule has 0 aromatic rings. The van der Waals surface area contributed by atoms with Crippen LogP contribution in [0.2, 0.25) is 0 Å². The van der Waals surface area contributed by atoms with Crippen molar-refractivity contribution in [3.63, 3.8) is 0 Å². The van der Waals surface area contributed by atoms with Crippen LogP contribution in [0.5, 0.6) is 0 Å². The lowest BCUT2D eigenvalue weighted by Gasteiger charge is -2.32. The number of hydrogen-bond acceptors (Lipinski definition) is 3. The van der Waals surface area contributed by atoms with E-state index in [0.29, 0.717) is 6.04 Å². The lowest BCUT2D eigenvalue weighted by Crippen LogP contribution is -2.50. The summed E-state index contributed by atoms with van der Waals surface area (Å²) in [6, 6.07) is 0.389. The SMILES string of the molecule is CN1CCCC(NC(=O)C2CCCCCC2N)C1. The van der Waals surface area contributed by atoms with Gasteiger partial charge in [-0.05, 0) is 39.3 Å². The molecular formula is C14H27N3O. The molecule has 1 aliphatic carbocycles. The van der Waals surface area contributed by atoms with Crippen LogP contribution in [0.1, 0.15) is 44.9 Å². The molecule has 0 aromatic heterocycles. The van der Waals surface area contributed by atoms with Crippen molar-refractivity contribution >= 4 is 5.91 Å². The van der Waals surface area contributed by atoms with E-state index in [0.717, 1.165) is 38.8 Å². The molecule has 2 aliphatic rings. The van der Waals surface area contributed by atoms with Gasteiger partial charge >= 0.3 is 0 Å². The fourth-order valence-corrected chi connectivity index (χ4v) is 3.25. The monoisotopic (exact) mass is 253 g/mol. The molecule has 0 spiro atoms. The number of likely N-dealkylation sites (N-methyl/N-ethyl adjacent to an activating group) is 1. The van der Waals surface area contributed by atoms with E-state index in [1.54, 1.807) is 0 Å². The van der Waals surface area contributed by atoms with Crippen molar-refractivity contribution in [3.05, 3.63) is 0 Å². The summed E-state index contributed by atoms with van der Waals surface area (Å²) in [5.41, 5.74) is 6.14. The van der Waals surface area contributed by atoms with Crippen LogP contribution in [0.15, 0.2) is 0 Å². The maximum atomic E-state index is 12.3. The molecule has 4 nitrogen and oxygen atoms in total. The summed E-state index contributed by atoms with van der Waals surface area (Å²) in [5, 5.41) is 3.22. The molecule has 3 unspecified atom stereocenters. The zero-order valence-corrected chi connectivity index (χ0v) is 11.5. The standard InChI is InChI=1S/C14H27N3O/c1-17-9-5-6-11(10-17)16-14(18)12-7-3-2-4-8-13(12)15/h11-13H,2-10,15H2,1H3,(H,16,18). The van der Waals surface area contributed by atoms with Crippen LogP contribution >= 0.6 is 0 Å². The fraction of sp³-hybridized carbons (Fsp3) is 0.929. The summed E-state index contributed by atoms with van der Waals surface area (Å²) in [6.07, 6.45) is 7.81. The molecule has 4 heteroatoms. The first-order chi connectivity index (χ1) is 8.66. The van der Waals surface area contributed by atoms with Gasteiger partial charge in [0.2, 0.25) is 5.91 Å². The maximum absolute atomic E-state index is 12.3. The Balaban J connectivity index is 1.85. The van der Waals surface area contributed by atoms with Crippen molar-refractivity contribution in [2.24, 2.45) is 11.7 Å². The quantitative estimate of drug-likeness (QED) is 0.725. The number of amides is 1. The van der Waals surface area contributed by atoms with Gasteiger partial charge in [0.25, 0.3) is 0 Å². The number of carbonyl (C=O) groups excluding carboxylic acids is 1. The minimum atomic E-state index is 0.0414. The van der Waals surface area contributed by atoms with Crippen LogP contribution in [-0.4, -0.2) is 43.0 Å². The highest BCUT2D eigenvalue weighted by molar-refractivity contribution is 5.79. The van der Waals surface area contributed by atoms with E-state index in [-0.39, 0.29) is 17.9 Å². The highest BCUT2D eigenvalue weighted by Gasteiger charge is 2.29. The van der Waals surface area contributed by atoms with Crippen molar-refractivity contribution < 1.29 is 4.79 Å². The number of nitrogens with two attached hydrogens (primary N) is 1. The van der Waals surface area contributed by atoms with Gasteiger partial charge in [-0.25, -0.2) is 0 Å². The third-order valence-corrected chi connectivity index (χ3v) is 4.38. The van der Waals surface area contributed by atoms with E-state index in [4.69, 9.17) is 5.73 Å². The smallest absolute Gasteiger partial charge is 0.224 e. The minimum absolute atomic E-state index is 0.0414. The topological polar surface area (TPSA) is 58.4 Å². The Kier molecular flexibility index (Phi) is 5.01. The predicted molar refractivity (Wildman–Crippen MR) is 73.2 cm³/mol. The van der Waals surface area contributed by atoms with Crippen LogP contribution in [0.4, 0.5) is 0 Å². The van der Waals surface area contributed by atoms with Crippen LogP contribution in [0, 0.1) is 5.92 Å². The van der Waals surface area contributed by atoms with Crippen LogP contribution in [0.3, 0.4) is 0 Å². The van der Waals surface area contributed by atoms with Gasteiger partial charge < -0.3 is 16.0 Å². The van der Waals surface area contributed by atoms with E-state index in [2.05, 4.69) is 17.3 Å². The summed E-state index contributed by atoms with van der Waals surface area (Å²) in [4.78, 5) is 14.6. The Labute approximate surface area is 110 Å². The van der Waals surface area contributed by atoms with E-state index in [9.17, 15) is 4.79 Å². The third kappa shape index (κ3) is 3.69. The van der Waals surface area contributed by atoms with Gasteiger partial charge in [-0.3, -0.25) is 4.79 Å². The molecular weight excluding hydrogens is 226 g/mol. The van der Waals surface area contributed by atoms with Crippen molar-refractivity contribution in [1.29, 1.82) is 0 Å². The summed E-state index contributed by atoms with van der Waals surface area (Å²) in [6.45, 7) is 2.13. The van der Waals surface area contributed by atoms with Gasteiger partial charge in [0.1, 0.15) is 0 Å². The van der Waals surface area contributed by atoms with Gasteiger partial charge in [-0.1, -0.05) is 19.3 Å². The normalized spacial score (nSPS) is 34.9. The number of hydrogen-bond donors (Lipinski definition) is 2. The average Bonchev–Trinajstić information content (AvgIpc) is 2.54. The first-order valence-corrected chi connectivity index (χ1v) is 7.41. The minimum Gasteiger partial charge on any atom is -0.352 e. The van der Waals surface area contributed by atoms with Gasteiger partial charge in [0, 0.05) is 18.6 Å². The van der Waals surface area contributed by atoms with Gasteiger partial charge in [0.15, 0.2) is 0 Å². The maximum Gasteiger partial charge on any atom is 0.224 e. The van der Waals surface area contributed by atoms with Crippen LogP contribution in [-0.2, 0) is 4.79 Å². The molecule has 2 fully saturated rings. The fourth-order valence-electron chi connectivity index (χ4n) is 3.25. The Morgan fingerprint density at radius 1 is 1.17 bits per heavy atom. The first kappa shape index (κ1) is 13.8. The van der Waals surface area contributed by atoms with Gasteiger partial charge in [-0.2, -0.15) is 0 Å². The van der Waals surface area contributed by atoms with Crippen molar-refractivity contribution in [2.45, 2.75) is 57.0 Å². The Hall–Kier alpha value is -0.610. The van der Waals surface area contributed by atoms with E-state index in [1.165, 1.54) is 19.3 Å². The molecule has 0 radical (unpaired) electrons. The zero-order valence-electron chi connectivity index (χ0n) is 11.5. The Bertz CT molecular complexity index is 282. The molecule has 1 saturated heterocycles. The molecule has 18 heavy (non-hydrogen) atoms. The molecule has 104 valence electrons. The molecule has 0 aromatic carbocycles. The Morgan fingerprint density at radius 2 is 1.94 bits per heavy atom. The van der Waals surface area contributed by atoms with Crippen molar-refractivity contribution in [2.75, 3.05) is 20.1 Å². The highest BCUT2D eigenvalue weighted by Crippen LogP contribution is 2.22. The summed E-state index contributed by atoms with van der Waals surface area (Å²) in [5.74, 6) is 0.240. The van der Waals surface area contributed by atoms with Crippen LogP contribution < -0.4 is 11.1 Å². The zero-order chi connectivity index (χ0) is 13.0. The lowest BCUT2D eigenvalue weighted by molar-refractivity contribution is -0.126. The number of carbonyl (C=O) groups is 1. The average molecular weight is 253 g/mol. The second-order valence-electron chi connectivity index (χ2n) is 6.02. The van der Waals surface area contributed by atoms with E-state index >= 15 is 0 Å². The second kappa shape index (κ2) is 6.53. The molecule has 1 amide bonds. The van der Waals surface area contributed by atoms with Crippen molar-refractivity contribution in [1.82, 2.24) is 10.2 Å². The first-order valence-electron chi connectivity index (χ1n) is 7.41. The highest BCUT2D eigenvalue weighted by atomic mass is 16.2. The summed E-state index contributed by atoms with van der Waals surface area (Å²) in [7, 11) is 2.12. The molecule has 1 saturated carbocycles. The second-order valence-corrected chi connectivity index (χ2v) is 6.02. The molecule has 0 bridgehead atoms. The number of nitrogens with zero attached hydrogens (tertiary/aromatic N) is 1. The van der Waals surface area contributed by atoms with Crippen LogP contribution in [0.25, 0.3) is 0 Å². The summed E-state index contributed by atoms with van der Waals surface area (Å²) < 4.78 is 0. The van der Waals surface area contributed by atoms with Crippen molar-refractivity contribution in [3.8, 4) is 0 Å². The Morgan fingerprint density at radius 3 is 2.72 bits per heavy atom. The number of piperidine rings is 1. The molecule has 1 aliphatic heterocycles. The molecule has 3 N–H and O–H groups in total. The van der Waals surface area contributed by atoms with E-state index in [1.807, 2.05) is 0 Å². The number of likely N-dealkylation sites (tertiary alicyclic amines) is 1. The lowest BCUT2D eigenvalue weighted by atomic mass is 9.93. The van der Waals surface area contributed by atoms with E-state index < -0.39 is 0 Å². The predicted octanol–water partition coefficient (Wildman–Crippen LogP) is 1.10. The number of nitrogens with one attached hydrogen (secondary N) is 1. The molecule has 3 atom stereocenters. The van der Waals surface area contributed by atoms with Gasteiger partial charge in [-0.15, -0.1) is 0 Å². The largest absolute Gasteiger partial charge is 0.352 e. The third-order valence-electron chi connectivity index (χ3n) is 4.38. The number of rotatable bonds is 2. The van der Waals surface area contributed by atoms with Gasteiger partial charge in [0.05, 0.1) is 5.92 Å². The molecule has 1 heterocycles. The molecule has 2 rings (SSSR count). The summed E-state index contributed by atoms with van der Waals surface area (Å²) >= 11 is 0.